The van der Waals surface area contributed by atoms with E-state index < -0.39 is 0 Å². The Morgan fingerprint density at radius 1 is 0.877 bits per heavy atom. The highest BCUT2D eigenvalue weighted by atomic mass is 32.1. The van der Waals surface area contributed by atoms with Crippen LogP contribution >= 0.6 is 11.3 Å². The smallest absolute Gasteiger partial charge is 0.196 e. The monoisotopic (exact) mass is 883 g/mol. The number of hydrogen-bond acceptors (Lipinski definition) is 10. The summed E-state index contributed by atoms with van der Waals surface area (Å²) in [6.45, 7) is 12.4. The lowest BCUT2D eigenvalue weighted by Gasteiger charge is -2.48. The Morgan fingerprint density at radius 3 is 2.48 bits per heavy atom. The topological polar surface area (TPSA) is 105 Å². The summed E-state index contributed by atoms with van der Waals surface area (Å²) in [5.41, 5.74) is 11.4. The van der Waals surface area contributed by atoms with Gasteiger partial charge in [0, 0.05) is 47.2 Å². The molecule has 11 rings (SSSR count). The highest BCUT2D eigenvalue weighted by Gasteiger charge is 2.39. The van der Waals surface area contributed by atoms with Crippen molar-refractivity contribution in [3.63, 3.8) is 0 Å². The van der Waals surface area contributed by atoms with Crippen LogP contribution in [0.25, 0.3) is 5.00 Å². The van der Waals surface area contributed by atoms with Crippen molar-refractivity contribution in [2.45, 2.75) is 83.6 Å². The van der Waals surface area contributed by atoms with Gasteiger partial charge in [-0.25, -0.2) is 4.98 Å². The van der Waals surface area contributed by atoms with Crippen molar-refractivity contribution < 1.29 is 14.3 Å². The molecule has 4 aromatic carbocycles. The van der Waals surface area contributed by atoms with Crippen LogP contribution in [0, 0.1) is 26.2 Å². The maximum atomic E-state index is 10.3. The molecule has 0 radical (unpaired) electrons. The van der Waals surface area contributed by atoms with Gasteiger partial charge in [-0.15, -0.1) is 21.5 Å². The van der Waals surface area contributed by atoms with Crippen LogP contribution in [0.5, 0.6) is 11.5 Å². The lowest BCUT2D eigenvalue weighted by atomic mass is 9.69. The van der Waals surface area contributed by atoms with E-state index in [-0.39, 0.29) is 12.0 Å². The van der Waals surface area contributed by atoms with Gasteiger partial charge < -0.3 is 19.2 Å². The van der Waals surface area contributed by atoms with E-state index in [1.807, 2.05) is 19.1 Å². The minimum atomic E-state index is -0.285. The van der Waals surface area contributed by atoms with Gasteiger partial charge in [0.1, 0.15) is 41.2 Å². The van der Waals surface area contributed by atoms with Crippen LogP contribution in [0.4, 0.5) is 5.69 Å². The molecule has 3 aliphatic heterocycles. The molecule has 6 heterocycles. The number of likely N-dealkylation sites (tertiary alicyclic amines) is 1. The summed E-state index contributed by atoms with van der Waals surface area (Å²) < 4.78 is 14.3. The number of aryl methyl sites for hydroxylation is 3. The number of aliphatic imine (C=N–C) groups is 1. The molecule has 11 heteroatoms. The number of aromatic hydroxyl groups is 1. The molecule has 10 nitrogen and oxygen atoms in total. The van der Waals surface area contributed by atoms with Crippen molar-refractivity contribution in [1.29, 1.82) is 0 Å². The SMILES string of the molecule is Cc1sc2c(c1C)C(c1ccc(N3CCCC4(CCN(CCOc5ccc([C@@H]6c7ccc(O)cc7CC[C@@H]6c6ccccc6)cc5)CC4)C3)cc1)=NC(Cc1ncco1)c1nnc(C)n1-2. The van der Waals surface area contributed by atoms with E-state index in [4.69, 9.17) is 14.1 Å². The molecule has 2 saturated heterocycles. The summed E-state index contributed by atoms with van der Waals surface area (Å²) in [6.07, 6.45) is 10.8. The zero-order valence-electron chi connectivity index (χ0n) is 37.6. The minimum Gasteiger partial charge on any atom is -0.508 e. The summed E-state index contributed by atoms with van der Waals surface area (Å²) in [5, 5.41) is 20.5. The van der Waals surface area contributed by atoms with Gasteiger partial charge in [0.05, 0.1) is 18.3 Å². The number of aromatic nitrogens is 4. The Morgan fingerprint density at radius 2 is 1.69 bits per heavy atom. The quantitative estimate of drug-likeness (QED) is 0.145. The largest absolute Gasteiger partial charge is 0.508 e. The molecule has 0 bridgehead atoms. The first-order valence-corrected chi connectivity index (χ1v) is 24.3. The van der Waals surface area contributed by atoms with Crippen molar-refractivity contribution in [3.05, 3.63) is 171 Å². The van der Waals surface area contributed by atoms with E-state index in [0.29, 0.717) is 36.0 Å². The number of benzene rings is 4. The van der Waals surface area contributed by atoms with Crippen LogP contribution in [-0.2, 0) is 12.8 Å². The van der Waals surface area contributed by atoms with Gasteiger partial charge in [-0.1, -0.05) is 60.7 Å². The van der Waals surface area contributed by atoms with Crippen LogP contribution in [0.15, 0.2) is 119 Å². The van der Waals surface area contributed by atoms with Gasteiger partial charge in [0.25, 0.3) is 0 Å². The normalized spacial score (nSPS) is 20.4. The third-order valence-corrected chi connectivity index (χ3v) is 16.1. The standard InChI is InChI=1S/C54H57N7O3S/c1-35-36(2)65-53-49(35)51(56-47(33-48-55-25-30-64-48)52-58-57-37(3)61(52)53)40-10-15-42(16-11-40)60-26-7-22-54(34-60)23-27-59(28-24-54)29-31-63-44-18-12-39(13-19-44)50-45(38-8-5-4-6-9-38)20-14-41-32-43(62)17-21-46(41)50/h4-6,8-13,15-19,21,25,30,32,45,47,50,62H,7,14,20,22-24,26-29,31,33-34H2,1-3H3/t45-,47?,50+/m1/s1. The predicted octanol–water partition coefficient (Wildman–Crippen LogP) is 10.7. The number of anilines is 1. The third kappa shape index (κ3) is 8.07. The van der Waals surface area contributed by atoms with Gasteiger partial charge >= 0.3 is 0 Å². The Bertz CT molecular complexity index is 2810. The molecular formula is C54H57N7O3S. The van der Waals surface area contributed by atoms with E-state index in [1.54, 1.807) is 23.8 Å². The average Bonchev–Trinajstić information content (AvgIpc) is 4.05. The summed E-state index contributed by atoms with van der Waals surface area (Å²) in [7, 11) is 0. The Kier molecular flexibility index (Phi) is 11.1. The molecular weight excluding hydrogens is 827 g/mol. The highest BCUT2D eigenvalue weighted by molar-refractivity contribution is 7.15. The van der Waals surface area contributed by atoms with Gasteiger partial charge in [0.15, 0.2) is 11.7 Å². The summed E-state index contributed by atoms with van der Waals surface area (Å²) in [5.74, 6) is 4.20. The fraction of sp³-hybridized carbons (Fsp3) is 0.370. The molecule has 3 aromatic heterocycles. The number of nitrogens with zero attached hydrogens (tertiary/aromatic N) is 7. The zero-order chi connectivity index (χ0) is 44.1. The van der Waals surface area contributed by atoms with Gasteiger partial charge in [-0.05, 0) is 148 Å². The number of phenolic OH excluding ortho intramolecular Hbond substituents is 1. The molecule has 4 aliphatic rings. The molecule has 0 saturated carbocycles. The van der Waals surface area contributed by atoms with Crippen molar-refractivity contribution in [2.75, 3.05) is 44.2 Å². The predicted molar refractivity (Wildman–Crippen MR) is 257 cm³/mol. The lowest BCUT2D eigenvalue weighted by Crippen LogP contribution is -2.50. The molecule has 332 valence electrons. The van der Waals surface area contributed by atoms with Crippen LogP contribution in [0.1, 0.15) is 111 Å². The molecule has 1 N–H and O–H groups in total. The molecule has 7 aromatic rings. The van der Waals surface area contributed by atoms with Gasteiger partial charge in [0.2, 0.25) is 0 Å². The first-order chi connectivity index (χ1) is 31.8. The second-order valence-electron chi connectivity index (χ2n) is 18.8. The molecule has 65 heavy (non-hydrogen) atoms. The van der Waals surface area contributed by atoms with E-state index in [0.717, 1.165) is 84.8 Å². The molecule has 1 spiro atoms. The Hall–Kier alpha value is -6.04. The van der Waals surface area contributed by atoms with E-state index in [9.17, 15) is 5.11 Å². The number of phenols is 1. The van der Waals surface area contributed by atoms with E-state index in [2.05, 4.69) is 128 Å². The Balaban J connectivity index is 0.728. The number of piperidine rings is 2. The van der Waals surface area contributed by atoms with Gasteiger partial charge in [-0.2, -0.15) is 0 Å². The second-order valence-corrected chi connectivity index (χ2v) is 20.0. The molecule has 1 unspecified atom stereocenters. The molecule has 2 fully saturated rings. The maximum absolute atomic E-state index is 10.3. The van der Waals surface area contributed by atoms with Crippen molar-refractivity contribution in [3.8, 4) is 16.5 Å². The molecule has 0 amide bonds. The van der Waals surface area contributed by atoms with E-state index in [1.165, 1.54) is 64.1 Å². The fourth-order valence-electron chi connectivity index (χ4n) is 11.3. The highest BCUT2D eigenvalue weighted by Crippen LogP contribution is 2.48. The zero-order valence-corrected chi connectivity index (χ0v) is 38.4. The number of fused-ring (bicyclic) bond motifs is 4. The van der Waals surface area contributed by atoms with Crippen LogP contribution in [-0.4, -0.2) is 74.8 Å². The molecule has 3 atom stereocenters. The van der Waals surface area contributed by atoms with Crippen LogP contribution in [0.3, 0.4) is 0 Å². The van der Waals surface area contributed by atoms with Crippen LogP contribution in [0.2, 0.25) is 0 Å². The van der Waals surface area contributed by atoms with Gasteiger partial charge in [-0.3, -0.25) is 14.5 Å². The Labute approximate surface area is 385 Å². The fourth-order valence-corrected chi connectivity index (χ4v) is 12.5. The summed E-state index contributed by atoms with van der Waals surface area (Å²) in [4.78, 5) is 16.4. The maximum Gasteiger partial charge on any atom is 0.196 e. The first-order valence-electron chi connectivity index (χ1n) is 23.5. The third-order valence-electron chi connectivity index (χ3n) is 14.9. The number of oxazole rings is 1. The summed E-state index contributed by atoms with van der Waals surface area (Å²) >= 11 is 1.78. The number of ether oxygens (including phenoxy) is 1. The van der Waals surface area contributed by atoms with E-state index >= 15 is 0 Å². The first kappa shape index (κ1) is 41.7. The number of thiophene rings is 1. The van der Waals surface area contributed by atoms with Crippen LogP contribution < -0.4 is 9.64 Å². The molecule has 1 aliphatic carbocycles. The van der Waals surface area contributed by atoms with Crippen molar-refractivity contribution in [2.24, 2.45) is 10.4 Å². The second kappa shape index (κ2) is 17.4. The lowest BCUT2D eigenvalue weighted by molar-refractivity contribution is 0.0788. The summed E-state index contributed by atoms with van der Waals surface area (Å²) in [6, 6.07) is 34.5. The minimum absolute atomic E-state index is 0.233. The van der Waals surface area contributed by atoms with Crippen molar-refractivity contribution >= 4 is 22.7 Å². The number of rotatable bonds is 10. The van der Waals surface area contributed by atoms with Crippen molar-refractivity contribution in [1.82, 2.24) is 24.6 Å². The number of hydrogen-bond donors (Lipinski definition) is 1. The average molecular weight is 884 g/mol.